The summed E-state index contributed by atoms with van der Waals surface area (Å²) in [6.07, 6.45) is 21.3. The molecular weight excluding hydrogens is 300 g/mol. The molecule has 0 aliphatic rings. The van der Waals surface area contributed by atoms with Crippen molar-refractivity contribution in [2.45, 2.75) is 122 Å². The Labute approximate surface area is 151 Å². The van der Waals surface area contributed by atoms with E-state index in [1.807, 2.05) is 0 Å². The van der Waals surface area contributed by atoms with Crippen molar-refractivity contribution >= 4 is 0 Å². The minimum absolute atomic E-state index is 0.0138. The van der Waals surface area contributed by atoms with Crippen LogP contribution in [0.2, 0.25) is 0 Å². The van der Waals surface area contributed by atoms with Gasteiger partial charge in [-0.2, -0.15) is 0 Å². The molecule has 0 fully saturated rings. The number of aliphatic hydroxyl groups excluding tert-OH is 2. The molecule has 0 aromatic rings. The van der Waals surface area contributed by atoms with Crippen LogP contribution < -0.4 is 0 Å². The second-order valence-electron chi connectivity index (χ2n) is 7.14. The van der Waals surface area contributed by atoms with Crippen LogP contribution in [0.3, 0.4) is 0 Å². The molecule has 146 valence electrons. The average Bonchev–Trinajstić information content (AvgIpc) is 2.58. The molecule has 0 bridgehead atoms. The zero-order chi connectivity index (χ0) is 17.7. The molecule has 0 rings (SSSR count). The van der Waals surface area contributed by atoms with Gasteiger partial charge >= 0.3 is 0 Å². The summed E-state index contributed by atoms with van der Waals surface area (Å²) in [4.78, 5) is 0. The van der Waals surface area contributed by atoms with Crippen LogP contribution >= 0.6 is 0 Å². The van der Waals surface area contributed by atoms with E-state index in [0.29, 0.717) is 13.0 Å². The molecular formula is C21H44O3. The molecule has 24 heavy (non-hydrogen) atoms. The van der Waals surface area contributed by atoms with Crippen molar-refractivity contribution in [3.63, 3.8) is 0 Å². The molecule has 1 atom stereocenters. The summed E-state index contributed by atoms with van der Waals surface area (Å²) in [6, 6.07) is 0. The summed E-state index contributed by atoms with van der Waals surface area (Å²) in [7, 11) is 0. The molecule has 0 saturated heterocycles. The maximum Gasteiger partial charge on any atom is 0.156 e. The minimum Gasteiger partial charge on any atom is -0.396 e. The van der Waals surface area contributed by atoms with Crippen LogP contribution in [-0.2, 0) is 4.74 Å². The monoisotopic (exact) mass is 344 g/mol. The molecule has 0 aliphatic carbocycles. The van der Waals surface area contributed by atoms with Gasteiger partial charge < -0.3 is 14.9 Å². The Hall–Kier alpha value is -0.120. The highest BCUT2D eigenvalue weighted by atomic mass is 16.6. The largest absolute Gasteiger partial charge is 0.396 e. The summed E-state index contributed by atoms with van der Waals surface area (Å²) in [5.74, 6) is 0. The van der Waals surface area contributed by atoms with Crippen molar-refractivity contribution in [3.8, 4) is 0 Å². The zero-order valence-corrected chi connectivity index (χ0v) is 16.3. The fraction of sp³-hybridized carbons (Fsp3) is 1.00. The third-order valence-electron chi connectivity index (χ3n) is 4.68. The first-order valence-corrected chi connectivity index (χ1v) is 10.7. The highest BCUT2D eigenvalue weighted by Crippen LogP contribution is 2.13. The van der Waals surface area contributed by atoms with Gasteiger partial charge in [-0.1, -0.05) is 103 Å². The molecule has 2 N–H and O–H groups in total. The van der Waals surface area contributed by atoms with Crippen molar-refractivity contribution in [3.05, 3.63) is 0 Å². The first kappa shape index (κ1) is 23.9. The van der Waals surface area contributed by atoms with Gasteiger partial charge in [0.2, 0.25) is 0 Å². The molecule has 0 spiro atoms. The van der Waals surface area contributed by atoms with E-state index in [0.717, 1.165) is 6.42 Å². The van der Waals surface area contributed by atoms with Crippen molar-refractivity contribution in [2.75, 3.05) is 13.2 Å². The molecule has 1 unspecified atom stereocenters. The van der Waals surface area contributed by atoms with Gasteiger partial charge in [0.05, 0.1) is 0 Å². The fourth-order valence-corrected chi connectivity index (χ4v) is 3.06. The second-order valence-corrected chi connectivity index (χ2v) is 7.14. The fourth-order valence-electron chi connectivity index (χ4n) is 3.06. The van der Waals surface area contributed by atoms with Gasteiger partial charge in [-0.3, -0.25) is 0 Å². The Kier molecular flexibility index (Phi) is 20.8. The summed E-state index contributed by atoms with van der Waals surface area (Å²) >= 11 is 0. The van der Waals surface area contributed by atoms with Crippen molar-refractivity contribution in [1.82, 2.24) is 0 Å². The van der Waals surface area contributed by atoms with E-state index in [-0.39, 0.29) is 6.61 Å². The SMILES string of the molecule is CCCCCCCCCCCCCCCCCCOC(O)CCO. The Bertz CT molecular complexity index is 221. The van der Waals surface area contributed by atoms with Gasteiger partial charge in [0, 0.05) is 19.6 Å². The van der Waals surface area contributed by atoms with E-state index in [2.05, 4.69) is 6.92 Å². The highest BCUT2D eigenvalue weighted by molar-refractivity contribution is 4.50. The van der Waals surface area contributed by atoms with Crippen molar-refractivity contribution in [1.29, 1.82) is 0 Å². The number of hydrogen-bond donors (Lipinski definition) is 2. The number of aliphatic hydroxyl groups is 2. The van der Waals surface area contributed by atoms with E-state index < -0.39 is 6.29 Å². The predicted molar refractivity (Wildman–Crippen MR) is 103 cm³/mol. The van der Waals surface area contributed by atoms with Crippen LogP contribution in [0.25, 0.3) is 0 Å². The zero-order valence-electron chi connectivity index (χ0n) is 16.3. The third kappa shape index (κ3) is 19.9. The quantitative estimate of drug-likeness (QED) is 0.211. The first-order valence-electron chi connectivity index (χ1n) is 10.7. The van der Waals surface area contributed by atoms with Crippen LogP contribution in [0.15, 0.2) is 0 Å². The topological polar surface area (TPSA) is 49.7 Å². The number of hydrogen-bond acceptors (Lipinski definition) is 3. The summed E-state index contributed by atoms with van der Waals surface area (Å²) in [5.41, 5.74) is 0. The van der Waals surface area contributed by atoms with Crippen LogP contribution in [0.4, 0.5) is 0 Å². The number of unbranched alkanes of at least 4 members (excludes halogenated alkanes) is 15. The van der Waals surface area contributed by atoms with E-state index >= 15 is 0 Å². The van der Waals surface area contributed by atoms with Gasteiger partial charge in [-0.05, 0) is 6.42 Å². The Morgan fingerprint density at radius 1 is 0.625 bits per heavy atom. The van der Waals surface area contributed by atoms with E-state index in [9.17, 15) is 5.11 Å². The smallest absolute Gasteiger partial charge is 0.156 e. The van der Waals surface area contributed by atoms with Crippen molar-refractivity contribution in [2.24, 2.45) is 0 Å². The van der Waals surface area contributed by atoms with E-state index in [1.165, 1.54) is 96.3 Å². The molecule has 3 nitrogen and oxygen atoms in total. The Balaban J connectivity index is 3.00. The summed E-state index contributed by atoms with van der Waals surface area (Å²) in [6.45, 7) is 2.88. The molecule has 0 aromatic carbocycles. The normalized spacial score (nSPS) is 12.6. The minimum atomic E-state index is -0.786. The lowest BCUT2D eigenvalue weighted by molar-refractivity contribution is -0.109. The van der Waals surface area contributed by atoms with Crippen LogP contribution in [-0.4, -0.2) is 29.7 Å². The lowest BCUT2D eigenvalue weighted by Crippen LogP contribution is -2.14. The Morgan fingerprint density at radius 3 is 1.38 bits per heavy atom. The van der Waals surface area contributed by atoms with Crippen LogP contribution in [0, 0.1) is 0 Å². The van der Waals surface area contributed by atoms with Gasteiger partial charge in [0.15, 0.2) is 6.29 Å². The van der Waals surface area contributed by atoms with Gasteiger partial charge in [-0.15, -0.1) is 0 Å². The molecule has 0 saturated carbocycles. The summed E-state index contributed by atoms with van der Waals surface area (Å²) in [5, 5.41) is 17.9. The lowest BCUT2D eigenvalue weighted by Gasteiger charge is -2.10. The van der Waals surface area contributed by atoms with Gasteiger partial charge in [-0.25, -0.2) is 0 Å². The molecule has 3 heteroatoms. The Morgan fingerprint density at radius 2 is 1.00 bits per heavy atom. The first-order chi connectivity index (χ1) is 11.8. The van der Waals surface area contributed by atoms with E-state index in [4.69, 9.17) is 9.84 Å². The third-order valence-corrected chi connectivity index (χ3v) is 4.68. The van der Waals surface area contributed by atoms with Crippen LogP contribution in [0.1, 0.15) is 116 Å². The molecule has 0 radical (unpaired) electrons. The number of ether oxygens (including phenoxy) is 1. The standard InChI is InChI=1S/C21H44O3/c1-2-3-4-5-6-7-8-9-10-11-12-13-14-15-16-17-20-24-21(23)18-19-22/h21-23H,2-20H2,1H3. The summed E-state index contributed by atoms with van der Waals surface area (Å²) < 4.78 is 5.20. The molecule has 0 aliphatic heterocycles. The van der Waals surface area contributed by atoms with E-state index in [1.54, 1.807) is 0 Å². The lowest BCUT2D eigenvalue weighted by atomic mass is 10.0. The maximum absolute atomic E-state index is 9.29. The molecule has 0 amide bonds. The van der Waals surface area contributed by atoms with Gasteiger partial charge in [0.25, 0.3) is 0 Å². The van der Waals surface area contributed by atoms with Gasteiger partial charge in [0.1, 0.15) is 0 Å². The average molecular weight is 345 g/mol. The number of rotatable bonds is 20. The predicted octanol–water partition coefficient (Wildman–Crippen LogP) is 5.97. The molecule has 0 heterocycles. The van der Waals surface area contributed by atoms with Crippen molar-refractivity contribution < 1.29 is 14.9 Å². The maximum atomic E-state index is 9.29. The molecule has 0 aromatic heterocycles. The van der Waals surface area contributed by atoms with Crippen LogP contribution in [0.5, 0.6) is 0 Å². The highest BCUT2D eigenvalue weighted by Gasteiger charge is 2.01. The second kappa shape index (κ2) is 20.9.